The number of carbonyl (C=O) groups excluding carboxylic acids is 1. The molecule has 1 amide bonds. The maximum atomic E-state index is 13.5. The lowest BCUT2D eigenvalue weighted by molar-refractivity contribution is -0.387. The van der Waals surface area contributed by atoms with Gasteiger partial charge in [-0.1, -0.05) is 0 Å². The van der Waals surface area contributed by atoms with Crippen LogP contribution in [0.5, 0.6) is 0 Å². The molecule has 5 nitrogen and oxygen atoms in total. The first-order valence-electron chi connectivity index (χ1n) is 5.83. The quantitative estimate of drug-likeness (QED) is 0.617. The molecule has 0 spiro atoms. The van der Waals surface area contributed by atoms with Crippen molar-refractivity contribution >= 4 is 23.4 Å². The third-order valence-electron chi connectivity index (χ3n) is 3.02. The van der Waals surface area contributed by atoms with Crippen LogP contribution in [0.25, 0.3) is 0 Å². The summed E-state index contributed by atoms with van der Waals surface area (Å²) in [7, 11) is 0. The number of hydrogen-bond donors (Lipinski definition) is 0. The Morgan fingerprint density at radius 1 is 1.58 bits per heavy atom. The molecule has 0 radical (unpaired) electrons. The molecule has 0 saturated carbocycles. The summed E-state index contributed by atoms with van der Waals surface area (Å²) in [5, 5.41) is 10.5. The SMILES string of the molecule is CC1CSCCN1C(=O)c1ccc([N+](=O)[O-])c(F)c1. The number of hydrogen-bond acceptors (Lipinski definition) is 4. The fourth-order valence-electron chi connectivity index (χ4n) is 1.98. The Labute approximate surface area is 113 Å². The maximum Gasteiger partial charge on any atom is 0.304 e. The van der Waals surface area contributed by atoms with Crippen molar-refractivity contribution in [3.05, 3.63) is 39.7 Å². The molecule has 0 N–H and O–H groups in total. The van der Waals surface area contributed by atoms with Crippen molar-refractivity contribution in [2.24, 2.45) is 0 Å². The number of halogens is 1. The van der Waals surface area contributed by atoms with Crippen LogP contribution in [-0.4, -0.2) is 39.8 Å². The molecule has 102 valence electrons. The second-order valence-corrected chi connectivity index (χ2v) is 5.50. The first kappa shape index (κ1) is 13.8. The van der Waals surface area contributed by atoms with Gasteiger partial charge in [-0.2, -0.15) is 16.2 Å². The zero-order chi connectivity index (χ0) is 14.0. The number of rotatable bonds is 2. The summed E-state index contributed by atoms with van der Waals surface area (Å²) >= 11 is 1.77. The van der Waals surface area contributed by atoms with Crippen LogP contribution in [-0.2, 0) is 0 Å². The van der Waals surface area contributed by atoms with E-state index in [0.29, 0.717) is 6.54 Å². The molecule has 0 aromatic heterocycles. The van der Waals surface area contributed by atoms with Gasteiger partial charge in [0.05, 0.1) is 4.92 Å². The number of nitro benzene ring substituents is 1. The lowest BCUT2D eigenvalue weighted by atomic mass is 10.1. The highest BCUT2D eigenvalue weighted by atomic mass is 32.2. The molecule has 1 unspecified atom stereocenters. The zero-order valence-corrected chi connectivity index (χ0v) is 11.2. The molecule has 1 aromatic rings. The third kappa shape index (κ3) is 2.86. The van der Waals surface area contributed by atoms with Gasteiger partial charge in [0.25, 0.3) is 5.91 Å². The molecular formula is C12H13FN2O3S. The summed E-state index contributed by atoms with van der Waals surface area (Å²) in [6.45, 7) is 2.55. The van der Waals surface area contributed by atoms with Crippen LogP contribution < -0.4 is 0 Å². The van der Waals surface area contributed by atoms with E-state index >= 15 is 0 Å². The smallest absolute Gasteiger partial charge is 0.304 e. The van der Waals surface area contributed by atoms with Crippen molar-refractivity contribution in [2.45, 2.75) is 13.0 Å². The minimum absolute atomic E-state index is 0.0875. The normalized spacial score (nSPS) is 19.3. The molecular weight excluding hydrogens is 271 g/mol. The van der Waals surface area contributed by atoms with E-state index in [-0.39, 0.29) is 17.5 Å². The van der Waals surface area contributed by atoms with E-state index in [2.05, 4.69) is 0 Å². The van der Waals surface area contributed by atoms with E-state index in [9.17, 15) is 19.3 Å². The van der Waals surface area contributed by atoms with E-state index in [4.69, 9.17) is 0 Å². The van der Waals surface area contributed by atoms with Gasteiger partial charge in [-0.3, -0.25) is 14.9 Å². The summed E-state index contributed by atoms with van der Waals surface area (Å²) < 4.78 is 13.5. The molecule has 7 heteroatoms. The van der Waals surface area contributed by atoms with Gasteiger partial charge in [0.1, 0.15) is 0 Å². The Balaban J connectivity index is 2.24. The van der Waals surface area contributed by atoms with Gasteiger partial charge in [0.2, 0.25) is 5.82 Å². The van der Waals surface area contributed by atoms with Crippen LogP contribution in [0.3, 0.4) is 0 Å². The highest BCUT2D eigenvalue weighted by Gasteiger charge is 2.26. The number of nitro groups is 1. The molecule has 1 aliphatic heterocycles. The topological polar surface area (TPSA) is 63.5 Å². The van der Waals surface area contributed by atoms with Crippen LogP contribution >= 0.6 is 11.8 Å². The van der Waals surface area contributed by atoms with Crippen LogP contribution in [0, 0.1) is 15.9 Å². The molecule has 1 fully saturated rings. The van der Waals surface area contributed by atoms with Crippen molar-refractivity contribution in [2.75, 3.05) is 18.1 Å². The Morgan fingerprint density at radius 2 is 2.32 bits per heavy atom. The number of carbonyl (C=O) groups is 1. The average Bonchev–Trinajstić information content (AvgIpc) is 2.38. The van der Waals surface area contributed by atoms with Gasteiger partial charge in [-0.15, -0.1) is 0 Å². The lowest BCUT2D eigenvalue weighted by Gasteiger charge is -2.33. The summed E-state index contributed by atoms with van der Waals surface area (Å²) in [5.41, 5.74) is -0.458. The molecule has 0 aliphatic carbocycles. The minimum atomic E-state index is -0.977. The third-order valence-corrected chi connectivity index (χ3v) is 4.21. The van der Waals surface area contributed by atoms with Crippen molar-refractivity contribution in [3.63, 3.8) is 0 Å². The number of nitrogens with zero attached hydrogens (tertiary/aromatic N) is 2. The fourth-order valence-corrected chi connectivity index (χ4v) is 3.00. The molecule has 19 heavy (non-hydrogen) atoms. The summed E-state index contributed by atoms with van der Waals surface area (Å²) in [6, 6.07) is 3.36. The summed E-state index contributed by atoms with van der Waals surface area (Å²) in [4.78, 5) is 23.6. The molecule has 0 bridgehead atoms. The zero-order valence-electron chi connectivity index (χ0n) is 10.3. The van der Waals surface area contributed by atoms with Crippen molar-refractivity contribution in [1.82, 2.24) is 4.90 Å². The Morgan fingerprint density at radius 3 is 2.89 bits per heavy atom. The van der Waals surface area contributed by atoms with Gasteiger partial charge in [0, 0.05) is 35.7 Å². The predicted molar refractivity (Wildman–Crippen MR) is 70.9 cm³/mol. The highest BCUT2D eigenvalue weighted by molar-refractivity contribution is 7.99. The highest BCUT2D eigenvalue weighted by Crippen LogP contribution is 2.22. The number of amides is 1. The predicted octanol–water partition coefficient (Wildman–Crippen LogP) is 2.31. The first-order chi connectivity index (χ1) is 9.00. The van der Waals surface area contributed by atoms with Crippen molar-refractivity contribution in [3.8, 4) is 0 Å². The van der Waals surface area contributed by atoms with E-state index in [1.165, 1.54) is 6.07 Å². The largest absolute Gasteiger partial charge is 0.334 e. The molecule has 1 aromatic carbocycles. The van der Waals surface area contributed by atoms with E-state index < -0.39 is 16.4 Å². The molecule has 2 rings (SSSR count). The van der Waals surface area contributed by atoms with Crippen LogP contribution in [0.15, 0.2) is 18.2 Å². The lowest BCUT2D eigenvalue weighted by Crippen LogP contribution is -2.44. The Kier molecular flexibility index (Phi) is 4.04. The van der Waals surface area contributed by atoms with Crippen molar-refractivity contribution in [1.29, 1.82) is 0 Å². The maximum absolute atomic E-state index is 13.5. The molecule has 1 aliphatic rings. The number of thioether (sulfide) groups is 1. The average molecular weight is 284 g/mol. The van der Waals surface area contributed by atoms with Gasteiger partial charge in [0.15, 0.2) is 0 Å². The summed E-state index contributed by atoms with van der Waals surface area (Å²) in [5.74, 6) is 0.448. The minimum Gasteiger partial charge on any atom is -0.334 e. The van der Waals surface area contributed by atoms with E-state index in [1.54, 1.807) is 16.7 Å². The Hall–Kier alpha value is -1.63. The van der Waals surface area contributed by atoms with Crippen LogP contribution in [0.1, 0.15) is 17.3 Å². The van der Waals surface area contributed by atoms with Gasteiger partial charge >= 0.3 is 5.69 Å². The van der Waals surface area contributed by atoms with Gasteiger partial charge in [-0.25, -0.2) is 0 Å². The second kappa shape index (κ2) is 5.56. The second-order valence-electron chi connectivity index (χ2n) is 4.35. The monoisotopic (exact) mass is 284 g/mol. The standard InChI is InChI=1S/C12H13FN2O3S/c1-8-7-19-5-4-14(8)12(16)9-2-3-11(15(17)18)10(13)6-9/h2-3,6,8H,4-5,7H2,1H3. The van der Waals surface area contributed by atoms with E-state index in [1.807, 2.05) is 6.92 Å². The first-order valence-corrected chi connectivity index (χ1v) is 6.99. The van der Waals surface area contributed by atoms with Crippen LogP contribution in [0.4, 0.5) is 10.1 Å². The number of benzene rings is 1. The summed E-state index contributed by atoms with van der Waals surface area (Å²) in [6.07, 6.45) is 0. The Bertz CT molecular complexity index is 524. The van der Waals surface area contributed by atoms with Gasteiger partial charge < -0.3 is 4.90 Å². The molecule has 1 heterocycles. The van der Waals surface area contributed by atoms with Crippen molar-refractivity contribution < 1.29 is 14.1 Å². The van der Waals surface area contributed by atoms with Gasteiger partial charge in [-0.05, 0) is 19.1 Å². The fraction of sp³-hybridized carbons (Fsp3) is 0.417. The van der Waals surface area contributed by atoms with Crippen LogP contribution in [0.2, 0.25) is 0 Å². The molecule has 1 atom stereocenters. The molecule has 1 saturated heterocycles. The van der Waals surface area contributed by atoms with E-state index in [0.717, 1.165) is 23.6 Å².